The molecule has 1 aromatic heterocycles. The smallest absolute Gasteiger partial charge is 0.224 e. The number of nitrogens with one attached hydrogen (secondary N) is 1. The Kier molecular flexibility index (Phi) is 6.82. The zero-order valence-corrected chi connectivity index (χ0v) is 17.6. The molecule has 3 rings (SSSR count). The van der Waals surface area contributed by atoms with Gasteiger partial charge in [0.1, 0.15) is 6.33 Å². The summed E-state index contributed by atoms with van der Waals surface area (Å²) in [4.78, 5) is 24.4. The highest BCUT2D eigenvalue weighted by Gasteiger charge is 2.13. The van der Waals surface area contributed by atoms with Crippen molar-refractivity contribution in [3.05, 3.63) is 66.0 Å². The molecule has 0 bridgehead atoms. The normalized spacial score (nSPS) is 10.9. The number of carbonyl (C=O) groups excluding carboxylic acids is 2. The van der Waals surface area contributed by atoms with E-state index in [0.717, 1.165) is 11.3 Å². The Bertz CT molecular complexity index is 996. The van der Waals surface area contributed by atoms with E-state index < -0.39 is 0 Å². The van der Waals surface area contributed by atoms with Crippen LogP contribution in [0.3, 0.4) is 0 Å². The molecule has 0 radical (unpaired) electrons. The largest absolute Gasteiger partial charge is 0.326 e. The molecule has 1 amide bonds. The van der Waals surface area contributed by atoms with Crippen molar-refractivity contribution in [2.75, 3.05) is 11.1 Å². The van der Waals surface area contributed by atoms with Gasteiger partial charge in [-0.2, -0.15) is 0 Å². The second-order valence-corrected chi connectivity index (χ2v) is 8.15. The minimum Gasteiger partial charge on any atom is -0.326 e. The maximum atomic E-state index is 12.6. The second kappa shape index (κ2) is 9.52. The summed E-state index contributed by atoms with van der Waals surface area (Å²) in [5.74, 6) is 0.526. The average molecular weight is 409 g/mol. The number of aryl methyl sites for hydroxylation is 1. The van der Waals surface area contributed by atoms with Crippen LogP contribution < -0.4 is 5.32 Å². The van der Waals surface area contributed by atoms with Gasteiger partial charge in [-0.1, -0.05) is 43.8 Å². The highest BCUT2D eigenvalue weighted by Crippen LogP contribution is 2.23. The number of hydrogen-bond acceptors (Lipinski definition) is 5. The summed E-state index contributed by atoms with van der Waals surface area (Å²) in [5, 5.41) is 11.7. The molecular formula is C22H24N4O2S. The van der Waals surface area contributed by atoms with Gasteiger partial charge in [-0.15, -0.1) is 10.2 Å². The van der Waals surface area contributed by atoms with E-state index in [4.69, 9.17) is 0 Å². The van der Waals surface area contributed by atoms with Crippen LogP contribution in [0.25, 0.3) is 5.69 Å². The van der Waals surface area contributed by atoms with Gasteiger partial charge in [-0.25, -0.2) is 0 Å². The second-order valence-electron chi connectivity index (χ2n) is 7.21. The lowest BCUT2D eigenvalue weighted by Gasteiger charge is -2.09. The van der Waals surface area contributed by atoms with Gasteiger partial charge in [-0.05, 0) is 48.7 Å². The van der Waals surface area contributed by atoms with Gasteiger partial charge in [-0.3, -0.25) is 14.2 Å². The Morgan fingerprint density at radius 1 is 1.10 bits per heavy atom. The third-order valence-corrected chi connectivity index (χ3v) is 5.25. The molecule has 2 aromatic carbocycles. The van der Waals surface area contributed by atoms with Crippen molar-refractivity contribution in [1.82, 2.24) is 14.8 Å². The number of anilines is 1. The summed E-state index contributed by atoms with van der Waals surface area (Å²) in [6.07, 6.45) is 2.13. The van der Waals surface area contributed by atoms with E-state index in [1.54, 1.807) is 30.6 Å². The van der Waals surface area contributed by atoms with Gasteiger partial charge in [0.15, 0.2) is 10.9 Å². The summed E-state index contributed by atoms with van der Waals surface area (Å²) in [5.41, 5.74) is 3.39. The zero-order valence-electron chi connectivity index (χ0n) is 16.8. The van der Waals surface area contributed by atoms with Gasteiger partial charge in [0.05, 0.1) is 11.4 Å². The number of aromatic nitrogens is 3. The van der Waals surface area contributed by atoms with Crippen molar-refractivity contribution >= 4 is 29.1 Å². The molecular weight excluding hydrogens is 384 g/mol. The minimum absolute atomic E-state index is 0.00519. The SMILES string of the molecule is Cc1ccccc1-n1cnnc1SCC(=O)c1ccc(NC(=O)CC(C)C)cc1. The van der Waals surface area contributed by atoms with E-state index in [2.05, 4.69) is 15.5 Å². The van der Waals surface area contributed by atoms with Crippen LogP contribution in [-0.4, -0.2) is 32.2 Å². The van der Waals surface area contributed by atoms with E-state index in [0.29, 0.717) is 28.7 Å². The fraction of sp³-hybridized carbons (Fsp3) is 0.273. The maximum absolute atomic E-state index is 12.6. The van der Waals surface area contributed by atoms with Crippen LogP contribution in [0.4, 0.5) is 5.69 Å². The monoisotopic (exact) mass is 408 g/mol. The molecule has 1 N–H and O–H groups in total. The Hall–Kier alpha value is -2.93. The Morgan fingerprint density at radius 2 is 1.83 bits per heavy atom. The number of benzene rings is 2. The van der Waals surface area contributed by atoms with E-state index in [-0.39, 0.29) is 17.4 Å². The van der Waals surface area contributed by atoms with Crippen molar-refractivity contribution in [1.29, 1.82) is 0 Å². The van der Waals surface area contributed by atoms with Crippen LogP contribution in [0.1, 0.15) is 36.2 Å². The fourth-order valence-electron chi connectivity index (χ4n) is 2.86. The Morgan fingerprint density at radius 3 is 2.52 bits per heavy atom. The molecule has 3 aromatic rings. The van der Waals surface area contributed by atoms with Gasteiger partial charge in [0, 0.05) is 17.7 Å². The molecule has 150 valence electrons. The molecule has 6 nitrogen and oxygen atoms in total. The first-order valence-electron chi connectivity index (χ1n) is 9.46. The van der Waals surface area contributed by atoms with Crippen molar-refractivity contribution in [3.63, 3.8) is 0 Å². The van der Waals surface area contributed by atoms with Gasteiger partial charge >= 0.3 is 0 Å². The van der Waals surface area contributed by atoms with Gasteiger partial charge in [0.25, 0.3) is 0 Å². The zero-order chi connectivity index (χ0) is 20.8. The molecule has 0 saturated carbocycles. The highest BCUT2D eigenvalue weighted by atomic mass is 32.2. The summed E-state index contributed by atoms with van der Waals surface area (Å²) < 4.78 is 1.89. The lowest BCUT2D eigenvalue weighted by Crippen LogP contribution is -2.14. The lowest BCUT2D eigenvalue weighted by molar-refractivity contribution is -0.116. The molecule has 1 heterocycles. The van der Waals surface area contributed by atoms with Crippen LogP contribution in [-0.2, 0) is 4.79 Å². The molecule has 0 unspecified atom stereocenters. The average Bonchev–Trinajstić information content (AvgIpc) is 3.14. The predicted molar refractivity (Wildman–Crippen MR) is 116 cm³/mol. The molecule has 7 heteroatoms. The fourth-order valence-corrected chi connectivity index (χ4v) is 3.67. The standard InChI is InChI=1S/C22H24N4O2S/c1-15(2)12-21(28)24-18-10-8-17(9-11-18)20(27)13-29-22-25-23-14-26(22)19-7-5-4-6-16(19)3/h4-11,14-15H,12-13H2,1-3H3,(H,24,28). The Balaban J connectivity index is 1.61. The van der Waals surface area contributed by atoms with Crippen LogP contribution in [0.2, 0.25) is 0 Å². The topological polar surface area (TPSA) is 76.9 Å². The number of carbonyl (C=O) groups is 2. The predicted octanol–water partition coefficient (Wildman–Crippen LogP) is 4.54. The van der Waals surface area contributed by atoms with Crippen molar-refractivity contribution in [3.8, 4) is 5.69 Å². The lowest BCUT2D eigenvalue weighted by atomic mass is 10.1. The summed E-state index contributed by atoms with van der Waals surface area (Å²) in [7, 11) is 0. The molecule has 0 aliphatic carbocycles. The summed E-state index contributed by atoms with van der Waals surface area (Å²) in [6.45, 7) is 6.02. The first-order chi connectivity index (χ1) is 13.9. The van der Waals surface area contributed by atoms with Gasteiger partial charge < -0.3 is 5.32 Å². The summed E-state index contributed by atoms with van der Waals surface area (Å²) >= 11 is 1.35. The van der Waals surface area contributed by atoms with Crippen LogP contribution >= 0.6 is 11.8 Å². The van der Waals surface area contributed by atoms with Crippen LogP contribution in [0.15, 0.2) is 60.0 Å². The quantitative estimate of drug-likeness (QED) is 0.437. The number of ketones is 1. The van der Waals surface area contributed by atoms with Crippen molar-refractivity contribution in [2.45, 2.75) is 32.3 Å². The number of rotatable bonds is 8. The number of para-hydroxylation sites is 1. The molecule has 0 atom stereocenters. The number of nitrogens with zero attached hydrogens (tertiary/aromatic N) is 3. The number of hydrogen-bond donors (Lipinski definition) is 1. The Labute approximate surface area is 174 Å². The van der Waals surface area contributed by atoms with Crippen LogP contribution in [0, 0.1) is 12.8 Å². The number of thioether (sulfide) groups is 1. The maximum Gasteiger partial charge on any atom is 0.224 e. The van der Waals surface area contributed by atoms with Crippen LogP contribution in [0.5, 0.6) is 0 Å². The molecule has 0 fully saturated rings. The first-order valence-corrected chi connectivity index (χ1v) is 10.4. The molecule has 29 heavy (non-hydrogen) atoms. The highest BCUT2D eigenvalue weighted by molar-refractivity contribution is 7.99. The third-order valence-electron chi connectivity index (χ3n) is 4.31. The van der Waals surface area contributed by atoms with E-state index >= 15 is 0 Å². The molecule has 0 aliphatic rings. The third kappa shape index (κ3) is 5.54. The molecule has 0 aliphatic heterocycles. The van der Waals surface area contributed by atoms with Gasteiger partial charge in [0.2, 0.25) is 5.91 Å². The molecule has 0 saturated heterocycles. The van der Waals surface area contributed by atoms with E-state index in [1.165, 1.54) is 11.8 Å². The first kappa shape index (κ1) is 20.8. The molecule has 0 spiro atoms. The number of Topliss-reactive ketones (excluding diaryl/α,β-unsaturated/α-hetero) is 1. The number of amides is 1. The van der Waals surface area contributed by atoms with Crippen molar-refractivity contribution < 1.29 is 9.59 Å². The van der Waals surface area contributed by atoms with E-state index in [9.17, 15) is 9.59 Å². The van der Waals surface area contributed by atoms with Crippen molar-refractivity contribution in [2.24, 2.45) is 5.92 Å². The van der Waals surface area contributed by atoms with E-state index in [1.807, 2.05) is 49.6 Å². The minimum atomic E-state index is -0.0230. The summed E-state index contributed by atoms with van der Waals surface area (Å²) in [6, 6.07) is 14.9.